The van der Waals surface area contributed by atoms with Crippen LogP contribution in [-0.2, 0) is 16.0 Å². The number of aryl methyl sites for hydroxylation is 2. The summed E-state index contributed by atoms with van der Waals surface area (Å²) in [6, 6.07) is 0. The maximum absolute atomic E-state index is 11.6. The van der Waals surface area contributed by atoms with E-state index < -0.39 is 11.9 Å². The van der Waals surface area contributed by atoms with Gasteiger partial charge in [-0.1, -0.05) is 12.1 Å². The summed E-state index contributed by atoms with van der Waals surface area (Å²) in [4.78, 5) is 22.2. The Balaban J connectivity index is 2.37. The lowest BCUT2D eigenvalue weighted by molar-refractivity contribution is -0.141. The van der Waals surface area contributed by atoms with E-state index in [0.29, 0.717) is 24.4 Å². The van der Waals surface area contributed by atoms with Crippen LogP contribution >= 0.6 is 0 Å². The zero-order valence-electron chi connectivity index (χ0n) is 10.8. The van der Waals surface area contributed by atoms with Gasteiger partial charge in [-0.2, -0.15) is 0 Å². The third-order valence-electron chi connectivity index (χ3n) is 2.84. The van der Waals surface area contributed by atoms with Crippen molar-refractivity contribution in [1.82, 2.24) is 10.5 Å². The fraction of sp³-hybridized carbons (Fsp3) is 0.583. The normalized spacial score (nSPS) is 12.2. The van der Waals surface area contributed by atoms with E-state index in [0.717, 1.165) is 5.56 Å². The first-order valence-electron chi connectivity index (χ1n) is 5.83. The number of aliphatic carboxylic acids is 1. The summed E-state index contributed by atoms with van der Waals surface area (Å²) in [6.45, 7) is 5.51. The number of hydrogen-bond acceptors (Lipinski definition) is 4. The lowest BCUT2D eigenvalue weighted by atomic mass is 10.1. The van der Waals surface area contributed by atoms with Gasteiger partial charge < -0.3 is 14.9 Å². The van der Waals surface area contributed by atoms with Gasteiger partial charge in [-0.25, -0.2) is 0 Å². The Morgan fingerprint density at radius 1 is 1.44 bits per heavy atom. The molecule has 0 bridgehead atoms. The number of carboxylic acid groups (broad SMARTS) is 1. The molecule has 0 spiro atoms. The molecule has 1 aromatic rings. The maximum Gasteiger partial charge on any atom is 0.306 e. The maximum atomic E-state index is 11.6. The summed E-state index contributed by atoms with van der Waals surface area (Å²) in [5.41, 5.74) is 1.50. The zero-order chi connectivity index (χ0) is 13.7. The van der Waals surface area contributed by atoms with Gasteiger partial charge in [0.25, 0.3) is 0 Å². The second-order valence-corrected chi connectivity index (χ2v) is 4.36. The molecule has 0 aliphatic rings. The van der Waals surface area contributed by atoms with Crippen LogP contribution in [0.3, 0.4) is 0 Å². The van der Waals surface area contributed by atoms with Crippen LogP contribution in [0.5, 0.6) is 0 Å². The van der Waals surface area contributed by atoms with E-state index in [-0.39, 0.29) is 12.3 Å². The minimum Gasteiger partial charge on any atom is -0.481 e. The summed E-state index contributed by atoms with van der Waals surface area (Å²) >= 11 is 0. The predicted molar refractivity (Wildman–Crippen MR) is 64.1 cm³/mol. The van der Waals surface area contributed by atoms with Gasteiger partial charge in [-0.15, -0.1) is 0 Å². The molecule has 0 aliphatic heterocycles. The molecule has 1 atom stereocenters. The largest absolute Gasteiger partial charge is 0.481 e. The number of rotatable bonds is 6. The molecule has 0 saturated carbocycles. The first kappa shape index (κ1) is 14.2. The summed E-state index contributed by atoms with van der Waals surface area (Å²) in [7, 11) is 0. The van der Waals surface area contributed by atoms with E-state index in [1.165, 1.54) is 0 Å². The van der Waals surface area contributed by atoms with Crippen molar-refractivity contribution in [3.05, 3.63) is 17.0 Å². The first-order chi connectivity index (χ1) is 8.41. The predicted octanol–water partition coefficient (Wildman–Crippen LogP) is 1.06. The molecule has 100 valence electrons. The molecule has 18 heavy (non-hydrogen) atoms. The Morgan fingerprint density at radius 3 is 2.61 bits per heavy atom. The number of carbonyl (C=O) groups excluding carboxylic acids is 1. The number of carbonyl (C=O) groups is 2. The van der Waals surface area contributed by atoms with Crippen LogP contribution in [0.25, 0.3) is 0 Å². The van der Waals surface area contributed by atoms with Crippen LogP contribution in [0.1, 0.15) is 30.4 Å². The second-order valence-electron chi connectivity index (χ2n) is 4.36. The highest BCUT2D eigenvalue weighted by atomic mass is 16.5. The summed E-state index contributed by atoms with van der Waals surface area (Å²) < 4.78 is 4.96. The van der Waals surface area contributed by atoms with Gasteiger partial charge in [0.1, 0.15) is 5.76 Å². The molecular formula is C12H18N2O4. The first-order valence-corrected chi connectivity index (χ1v) is 5.83. The summed E-state index contributed by atoms with van der Waals surface area (Å²) in [5, 5.41) is 15.2. The zero-order valence-corrected chi connectivity index (χ0v) is 10.8. The van der Waals surface area contributed by atoms with Gasteiger partial charge >= 0.3 is 5.97 Å². The van der Waals surface area contributed by atoms with Gasteiger partial charge in [0.2, 0.25) is 5.91 Å². The molecule has 0 fully saturated rings. The van der Waals surface area contributed by atoms with Crippen molar-refractivity contribution in [2.45, 2.75) is 33.6 Å². The molecule has 1 amide bonds. The minimum absolute atomic E-state index is 0.151. The van der Waals surface area contributed by atoms with E-state index in [1.807, 2.05) is 0 Å². The monoisotopic (exact) mass is 254 g/mol. The van der Waals surface area contributed by atoms with Crippen molar-refractivity contribution in [3.8, 4) is 0 Å². The fourth-order valence-corrected chi connectivity index (χ4v) is 1.53. The van der Waals surface area contributed by atoms with E-state index in [9.17, 15) is 9.59 Å². The van der Waals surface area contributed by atoms with E-state index in [1.54, 1.807) is 20.8 Å². The number of nitrogens with zero attached hydrogens (tertiary/aromatic N) is 1. The Bertz CT molecular complexity index is 420. The molecule has 1 aromatic heterocycles. The van der Waals surface area contributed by atoms with Crippen LogP contribution in [-0.4, -0.2) is 28.7 Å². The van der Waals surface area contributed by atoms with Gasteiger partial charge in [0.15, 0.2) is 0 Å². The average Bonchev–Trinajstić information content (AvgIpc) is 2.60. The van der Waals surface area contributed by atoms with Crippen molar-refractivity contribution >= 4 is 11.9 Å². The topological polar surface area (TPSA) is 92.4 Å². The molecular weight excluding hydrogens is 236 g/mol. The van der Waals surface area contributed by atoms with Crippen molar-refractivity contribution in [1.29, 1.82) is 0 Å². The molecule has 0 aliphatic carbocycles. The van der Waals surface area contributed by atoms with Crippen LogP contribution in [0.15, 0.2) is 4.52 Å². The van der Waals surface area contributed by atoms with Crippen molar-refractivity contribution in [3.63, 3.8) is 0 Å². The van der Waals surface area contributed by atoms with E-state index in [4.69, 9.17) is 9.63 Å². The fourth-order valence-electron chi connectivity index (χ4n) is 1.53. The molecule has 6 nitrogen and oxygen atoms in total. The highest BCUT2D eigenvalue weighted by Crippen LogP contribution is 2.12. The summed E-state index contributed by atoms with van der Waals surface area (Å²) in [5.74, 6) is -0.817. The van der Waals surface area contributed by atoms with Crippen molar-refractivity contribution in [2.24, 2.45) is 5.92 Å². The van der Waals surface area contributed by atoms with Gasteiger partial charge in [-0.3, -0.25) is 9.59 Å². The lowest BCUT2D eigenvalue weighted by Gasteiger charge is -2.07. The van der Waals surface area contributed by atoms with Crippen molar-refractivity contribution < 1.29 is 19.2 Å². The number of amides is 1. The third-order valence-corrected chi connectivity index (χ3v) is 2.84. The number of hydrogen-bond donors (Lipinski definition) is 2. The summed E-state index contributed by atoms with van der Waals surface area (Å²) in [6.07, 6.45) is 0.630. The average molecular weight is 254 g/mol. The van der Waals surface area contributed by atoms with Crippen LogP contribution in [0.4, 0.5) is 0 Å². The molecule has 2 N–H and O–H groups in total. The molecule has 0 aromatic carbocycles. The van der Waals surface area contributed by atoms with Crippen LogP contribution < -0.4 is 5.32 Å². The molecule has 0 radical (unpaired) electrons. The third kappa shape index (κ3) is 3.87. The van der Waals surface area contributed by atoms with Gasteiger partial charge in [0, 0.05) is 12.1 Å². The standard InChI is InChI=1S/C12H18N2O4/c1-7(12(16)17)4-5-13-11(15)6-10-8(2)14-18-9(10)3/h7H,4-6H2,1-3H3,(H,13,15)(H,16,17). The highest BCUT2D eigenvalue weighted by Gasteiger charge is 2.14. The number of carboxylic acids is 1. The molecule has 1 heterocycles. The molecule has 6 heteroatoms. The Kier molecular flexibility index (Phi) is 4.88. The van der Waals surface area contributed by atoms with Crippen LogP contribution in [0, 0.1) is 19.8 Å². The SMILES string of the molecule is Cc1noc(C)c1CC(=O)NCCC(C)C(=O)O. The number of nitrogens with one attached hydrogen (secondary N) is 1. The van der Waals surface area contributed by atoms with Gasteiger partial charge in [0.05, 0.1) is 18.0 Å². The lowest BCUT2D eigenvalue weighted by Crippen LogP contribution is -2.28. The molecule has 0 saturated heterocycles. The van der Waals surface area contributed by atoms with E-state index in [2.05, 4.69) is 10.5 Å². The minimum atomic E-state index is -0.852. The smallest absolute Gasteiger partial charge is 0.306 e. The number of aromatic nitrogens is 1. The molecule has 1 unspecified atom stereocenters. The Labute approximate surface area is 105 Å². The Morgan fingerprint density at radius 2 is 2.11 bits per heavy atom. The van der Waals surface area contributed by atoms with Gasteiger partial charge in [-0.05, 0) is 20.3 Å². The van der Waals surface area contributed by atoms with Crippen LogP contribution in [0.2, 0.25) is 0 Å². The Hall–Kier alpha value is -1.85. The quantitative estimate of drug-likeness (QED) is 0.791. The second kappa shape index (κ2) is 6.18. The van der Waals surface area contributed by atoms with E-state index >= 15 is 0 Å². The molecule has 1 rings (SSSR count). The van der Waals surface area contributed by atoms with Crippen molar-refractivity contribution in [2.75, 3.05) is 6.54 Å². The highest BCUT2D eigenvalue weighted by molar-refractivity contribution is 5.79.